The molecular weight excluding hydrogens is 436 g/mol. The molecule has 1 N–H and O–H groups in total. The van der Waals surface area contributed by atoms with Crippen LogP contribution in [0.15, 0.2) is 53.4 Å². The largest absolute Gasteiger partial charge is 0.342 e. The van der Waals surface area contributed by atoms with E-state index in [1.165, 1.54) is 17.4 Å². The molecule has 2 fully saturated rings. The molecule has 1 heterocycles. The summed E-state index contributed by atoms with van der Waals surface area (Å²) in [5.74, 6) is 0.163. The van der Waals surface area contributed by atoms with Crippen LogP contribution in [-0.2, 0) is 38.8 Å². The van der Waals surface area contributed by atoms with Gasteiger partial charge >= 0.3 is 0 Å². The van der Waals surface area contributed by atoms with E-state index < -0.39 is 21.9 Å². The summed E-state index contributed by atoms with van der Waals surface area (Å²) >= 11 is 0. The molecule has 174 valence electrons. The molecule has 1 saturated carbocycles. The molecule has 0 unspecified atom stereocenters. The molecule has 1 saturated heterocycles. The van der Waals surface area contributed by atoms with Crippen LogP contribution in [-0.4, -0.2) is 43.5 Å². The molecule has 6 nitrogen and oxygen atoms in total. The third-order valence-corrected chi connectivity index (χ3v) is 8.68. The van der Waals surface area contributed by atoms with Gasteiger partial charge in [0.2, 0.25) is 11.8 Å². The summed E-state index contributed by atoms with van der Waals surface area (Å²) in [4.78, 5) is 29.2. The van der Waals surface area contributed by atoms with Crippen molar-refractivity contribution in [3.05, 3.63) is 65.2 Å². The molecule has 2 atom stereocenters. The van der Waals surface area contributed by atoms with E-state index in [1.807, 2.05) is 12.1 Å². The van der Waals surface area contributed by atoms with Crippen molar-refractivity contribution in [2.75, 3.05) is 6.26 Å². The summed E-state index contributed by atoms with van der Waals surface area (Å²) in [6.07, 6.45) is 6.83. The van der Waals surface area contributed by atoms with Crippen LogP contribution in [0.2, 0.25) is 0 Å². The average Bonchev–Trinajstić information content (AvgIpc) is 3.45. The summed E-state index contributed by atoms with van der Waals surface area (Å²) in [6.45, 7) is 0.313. The molecule has 0 bridgehead atoms. The summed E-state index contributed by atoms with van der Waals surface area (Å²) in [5, 5.41) is 3.11. The molecule has 0 spiro atoms. The number of carbonyl (C=O) groups is 2. The van der Waals surface area contributed by atoms with Gasteiger partial charge in [0.25, 0.3) is 0 Å². The SMILES string of the molecule is CS(=O)(=O)c1ccc(CN2C(=O)[C@@H](C3Cc4ccccc4C3)NC(=O)[C@H]2C2CCCC2)cc1. The number of sulfone groups is 1. The van der Waals surface area contributed by atoms with Crippen molar-refractivity contribution in [2.45, 2.75) is 62.0 Å². The Balaban J connectivity index is 1.42. The maximum absolute atomic E-state index is 13.8. The second-order valence-electron chi connectivity index (χ2n) is 9.79. The fourth-order valence-electron chi connectivity index (χ4n) is 5.86. The Labute approximate surface area is 195 Å². The Morgan fingerprint density at radius 1 is 0.909 bits per heavy atom. The summed E-state index contributed by atoms with van der Waals surface area (Å²) in [7, 11) is -3.29. The van der Waals surface area contributed by atoms with Gasteiger partial charge in [0, 0.05) is 12.8 Å². The van der Waals surface area contributed by atoms with Gasteiger partial charge in [0.15, 0.2) is 9.84 Å². The number of nitrogens with one attached hydrogen (secondary N) is 1. The first-order valence-electron chi connectivity index (χ1n) is 11.8. The molecule has 33 heavy (non-hydrogen) atoms. The quantitative estimate of drug-likeness (QED) is 0.735. The summed E-state index contributed by atoms with van der Waals surface area (Å²) in [5.41, 5.74) is 3.35. The van der Waals surface area contributed by atoms with Gasteiger partial charge in [-0.1, -0.05) is 49.2 Å². The van der Waals surface area contributed by atoms with Crippen molar-refractivity contribution in [1.82, 2.24) is 10.2 Å². The number of fused-ring (bicyclic) bond motifs is 1. The molecule has 2 aromatic rings. The fourth-order valence-corrected chi connectivity index (χ4v) is 6.49. The lowest BCUT2D eigenvalue weighted by molar-refractivity contribution is -0.154. The second-order valence-corrected chi connectivity index (χ2v) is 11.8. The fraction of sp³-hybridized carbons (Fsp3) is 0.462. The number of hydrogen-bond acceptors (Lipinski definition) is 4. The molecule has 1 aliphatic heterocycles. The molecule has 3 aliphatic rings. The molecule has 2 amide bonds. The molecule has 0 radical (unpaired) electrons. The van der Waals surface area contributed by atoms with Crippen LogP contribution in [0, 0.1) is 11.8 Å². The third-order valence-electron chi connectivity index (χ3n) is 7.56. The highest BCUT2D eigenvalue weighted by Gasteiger charge is 2.47. The molecule has 7 heteroatoms. The van der Waals surface area contributed by atoms with Crippen LogP contribution in [0.1, 0.15) is 42.4 Å². The molecule has 2 aromatic carbocycles. The number of piperazine rings is 1. The van der Waals surface area contributed by atoms with E-state index in [0.717, 1.165) is 44.1 Å². The average molecular weight is 467 g/mol. The lowest BCUT2D eigenvalue weighted by Crippen LogP contribution is -2.66. The Kier molecular flexibility index (Phi) is 5.77. The zero-order chi connectivity index (χ0) is 23.2. The number of rotatable bonds is 5. The maximum Gasteiger partial charge on any atom is 0.246 e. The normalized spacial score (nSPS) is 24.2. The zero-order valence-electron chi connectivity index (χ0n) is 18.9. The van der Waals surface area contributed by atoms with Crippen molar-refractivity contribution < 1.29 is 18.0 Å². The van der Waals surface area contributed by atoms with Crippen molar-refractivity contribution in [2.24, 2.45) is 11.8 Å². The number of nitrogens with zero attached hydrogens (tertiary/aromatic N) is 1. The van der Waals surface area contributed by atoms with Gasteiger partial charge in [-0.25, -0.2) is 8.42 Å². The second kappa shape index (κ2) is 8.60. The van der Waals surface area contributed by atoms with Crippen LogP contribution in [0.3, 0.4) is 0 Å². The number of carbonyl (C=O) groups excluding carboxylic acids is 2. The minimum atomic E-state index is -3.29. The van der Waals surface area contributed by atoms with E-state index in [0.29, 0.717) is 6.54 Å². The van der Waals surface area contributed by atoms with E-state index >= 15 is 0 Å². The van der Waals surface area contributed by atoms with E-state index in [4.69, 9.17) is 0 Å². The molecule has 0 aromatic heterocycles. The standard InChI is InChI=1S/C26H30N2O4S/c1-33(31,32)22-12-10-17(11-13-22)16-28-24(18-6-2-3-7-18)25(29)27-23(26(28)30)21-14-19-8-4-5-9-20(19)15-21/h4-5,8-13,18,21,23-24H,2-3,6-7,14-16H2,1H3,(H,27,29)/t23-,24-/m1/s1. The van der Waals surface area contributed by atoms with E-state index in [9.17, 15) is 18.0 Å². The zero-order valence-corrected chi connectivity index (χ0v) is 19.7. The first-order valence-corrected chi connectivity index (χ1v) is 13.7. The van der Waals surface area contributed by atoms with Gasteiger partial charge in [-0.3, -0.25) is 9.59 Å². The van der Waals surface area contributed by atoms with Gasteiger partial charge < -0.3 is 10.2 Å². The van der Waals surface area contributed by atoms with Crippen molar-refractivity contribution in [1.29, 1.82) is 0 Å². The van der Waals surface area contributed by atoms with E-state index in [-0.39, 0.29) is 28.5 Å². The highest BCUT2D eigenvalue weighted by Crippen LogP contribution is 2.36. The van der Waals surface area contributed by atoms with Crippen LogP contribution in [0.4, 0.5) is 0 Å². The number of amides is 2. The topological polar surface area (TPSA) is 83.6 Å². The van der Waals surface area contributed by atoms with Gasteiger partial charge in [-0.15, -0.1) is 0 Å². The van der Waals surface area contributed by atoms with E-state index in [1.54, 1.807) is 29.2 Å². The maximum atomic E-state index is 13.8. The minimum absolute atomic E-state index is 0.0171. The Bertz CT molecular complexity index is 1140. The first kappa shape index (κ1) is 22.1. The van der Waals surface area contributed by atoms with Crippen molar-refractivity contribution in [3.63, 3.8) is 0 Å². The lowest BCUT2D eigenvalue weighted by atomic mass is 9.87. The van der Waals surface area contributed by atoms with Crippen molar-refractivity contribution >= 4 is 21.7 Å². The van der Waals surface area contributed by atoms with Gasteiger partial charge in [-0.05, 0) is 66.3 Å². The van der Waals surface area contributed by atoms with Gasteiger partial charge in [-0.2, -0.15) is 0 Å². The highest BCUT2D eigenvalue weighted by molar-refractivity contribution is 7.90. The Morgan fingerprint density at radius 3 is 2.09 bits per heavy atom. The summed E-state index contributed by atoms with van der Waals surface area (Å²) < 4.78 is 23.6. The smallest absolute Gasteiger partial charge is 0.246 e. The lowest BCUT2D eigenvalue weighted by Gasteiger charge is -2.43. The Hall–Kier alpha value is -2.67. The van der Waals surface area contributed by atoms with Crippen LogP contribution < -0.4 is 5.32 Å². The molecule has 2 aliphatic carbocycles. The minimum Gasteiger partial charge on any atom is -0.342 e. The van der Waals surface area contributed by atoms with Crippen LogP contribution in [0.25, 0.3) is 0 Å². The van der Waals surface area contributed by atoms with Gasteiger partial charge in [0.05, 0.1) is 4.90 Å². The van der Waals surface area contributed by atoms with Crippen LogP contribution >= 0.6 is 0 Å². The number of benzene rings is 2. The predicted octanol–water partition coefficient (Wildman–Crippen LogP) is 2.89. The van der Waals surface area contributed by atoms with Gasteiger partial charge in [0.1, 0.15) is 12.1 Å². The monoisotopic (exact) mass is 466 g/mol. The predicted molar refractivity (Wildman–Crippen MR) is 125 cm³/mol. The molecule has 5 rings (SSSR count). The Morgan fingerprint density at radius 2 is 1.52 bits per heavy atom. The van der Waals surface area contributed by atoms with E-state index in [2.05, 4.69) is 17.4 Å². The highest BCUT2D eigenvalue weighted by atomic mass is 32.2. The molecular formula is C26H30N2O4S. The first-order chi connectivity index (χ1) is 15.8. The number of hydrogen-bond donors (Lipinski definition) is 1. The van der Waals surface area contributed by atoms with Crippen molar-refractivity contribution in [3.8, 4) is 0 Å². The third kappa shape index (κ3) is 4.31. The summed E-state index contributed by atoms with van der Waals surface area (Å²) in [6, 6.07) is 13.9. The van der Waals surface area contributed by atoms with Crippen LogP contribution in [0.5, 0.6) is 0 Å².